The van der Waals surface area contributed by atoms with E-state index in [1.54, 1.807) is 18.2 Å². The molecule has 0 bridgehead atoms. The molecule has 1 aliphatic carbocycles. The minimum Gasteiger partial charge on any atom is -0.459 e. The van der Waals surface area contributed by atoms with E-state index < -0.39 is 24.1 Å². The van der Waals surface area contributed by atoms with Crippen LogP contribution in [0.3, 0.4) is 0 Å². The van der Waals surface area contributed by atoms with E-state index in [-0.39, 0.29) is 18.4 Å². The van der Waals surface area contributed by atoms with Crippen LogP contribution in [0.5, 0.6) is 0 Å². The Morgan fingerprint density at radius 2 is 2.12 bits per heavy atom. The van der Waals surface area contributed by atoms with E-state index in [1.165, 1.54) is 0 Å². The molecule has 26 heavy (non-hydrogen) atoms. The molecular weight excluding hydrogens is 379 g/mol. The quantitative estimate of drug-likeness (QED) is 0.621. The SMILES string of the molecule is C[C@H]1CCCC[C@]12NC(=O)N(CC(=O)OCc1ccc(Cl)cc1Cl)C2=O. The zero-order chi connectivity index (χ0) is 18.9. The van der Waals surface area contributed by atoms with Gasteiger partial charge < -0.3 is 10.1 Å². The van der Waals surface area contributed by atoms with Crippen molar-refractivity contribution in [2.75, 3.05) is 6.54 Å². The number of imide groups is 1. The monoisotopic (exact) mass is 398 g/mol. The van der Waals surface area contributed by atoms with E-state index >= 15 is 0 Å². The molecule has 2 fully saturated rings. The Labute approximate surface area is 161 Å². The van der Waals surface area contributed by atoms with Gasteiger partial charge in [0, 0.05) is 15.6 Å². The first kappa shape index (κ1) is 19.0. The standard InChI is InChI=1S/C18H20Cl2N2O4/c1-11-4-2-3-7-18(11)16(24)22(17(25)21-18)9-15(23)26-10-12-5-6-13(19)8-14(12)20/h5-6,8,11H,2-4,7,9-10H2,1H3,(H,21,25)/t11-,18-/m0/s1. The maximum absolute atomic E-state index is 12.8. The van der Waals surface area contributed by atoms with Crippen LogP contribution in [0.25, 0.3) is 0 Å². The predicted octanol–water partition coefficient (Wildman–Crippen LogP) is 3.54. The van der Waals surface area contributed by atoms with Gasteiger partial charge in [0.05, 0.1) is 0 Å². The Morgan fingerprint density at radius 1 is 1.35 bits per heavy atom. The van der Waals surface area contributed by atoms with Crippen molar-refractivity contribution < 1.29 is 19.1 Å². The largest absolute Gasteiger partial charge is 0.459 e. The normalized spacial score (nSPS) is 25.5. The van der Waals surface area contributed by atoms with Crippen LogP contribution in [0.15, 0.2) is 18.2 Å². The molecular formula is C18H20Cl2N2O4. The molecule has 3 rings (SSSR count). The van der Waals surface area contributed by atoms with Crippen LogP contribution < -0.4 is 5.32 Å². The fourth-order valence-corrected chi connectivity index (χ4v) is 4.07. The van der Waals surface area contributed by atoms with E-state index in [0.29, 0.717) is 22.0 Å². The summed E-state index contributed by atoms with van der Waals surface area (Å²) in [6, 6.07) is 4.31. The number of esters is 1. The lowest BCUT2D eigenvalue weighted by molar-refractivity contribution is -0.149. The lowest BCUT2D eigenvalue weighted by Crippen LogP contribution is -2.54. The first-order valence-corrected chi connectivity index (χ1v) is 9.33. The van der Waals surface area contributed by atoms with Crippen molar-refractivity contribution >= 4 is 41.1 Å². The topological polar surface area (TPSA) is 75.7 Å². The highest BCUT2D eigenvalue weighted by Crippen LogP contribution is 2.38. The zero-order valence-electron chi connectivity index (χ0n) is 14.4. The van der Waals surface area contributed by atoms with Gasteiger partial charge in [-0.2, -0.15) is 0 Å². The van der Waals surface area contributed by atoms with Gasteiger partial charge in [-0.15, -0.1) is 0 Å². The van der Waals surface area contributed by atoms with Crippen molar-refractivity contribution in [1.82, 2.24) is 10.2 Å². The molecule has 2 aliphatic rings. The molecule has 1 saturated carbocycles. The number of carbonyl (C=O) groups excluding carboxylic acids is 3. The van der Waals surface area contributed by atoms with Gasteiger partial charge >= 0.3 is 12.0 Å². The molecule has 1 aromatic carbocycles. The second kappa shape index (κ2) is 7.45. The van der Waals surface area contributed by atoms with Crippen molar-refractivity contribution in [3.05, 3.63) is 33.8 Å². The summed E-state index contributed by atoms with van der Waals surface area (Å²) in [6.07, 6.45) is 3.39. The second-order valence-corrected chi connectivity index (χ2v) is 7.68. The lowest BCUT2D eigenvalue weighted by Gasteiger charge is -2.36. The molecule has 0 radical (unpaired) electrons. The molecule has 140 valence electrons. The van der Waals surface area contributed by atoms with Crippen molar-refractivity contribution in [1.29, 1.82) is 0 Å². The molecule has 8 heteroatoms. The summed E-state index contributed by atoms with van der Waals surface area (Å²) < 4.78 is 5.17. The van der Waals surface area contributed by atoms with Gasteiger partial charge in [0.15, 0.2) is 0 Å². The molecule has 1 saturated heterocycles. The number of carbonyl (C=O) groups is 3. The number of rotatable bonds is 4. The van der Waals surface area contributed by atoms with E-state index in [4.69, 9.17) is 27.9 Å². The van der Waals surface area contributed by atoms with Gasteiger partial charge in [-0.1, -0.05) is 49.0 Å². The summed E-state index contributed by atoms with van der Waals surface area (Å²) in [5, 5.41) is 3.67. The van der Waals surface area contributed by atoms with Gasteiger partial charge in [-0.25, -0.2) is 4.79 Å². The zero-order valence-corrected chi connectivity index (χ0v) is 15.9. The second-order valence-electron chi connectivity index (χ2n) is 6.84. The third kappa shape index (κ3) is 3.53. The first-order valence-electron chi connectivity index (χ1n) is 8.57. The van der Waals surface area contributed by atoms with Crippen LogP contribution in [0.2, 0.25) is 10.0 Å². The fraction of sp³-hybridized carbons (Fsp3) is 0.500. The summed E-state index contributed by atoms with van der Waals surface area (Å²) in [6.45, 7) is 1.49. The Balaban J connectivity index is 1.62. The lowest BCUT2D eigenvalue weighted by atomic mass is 9.73. The third-order valence-corrected chi connectivity index (χ3v) is 5.78. The molecule has 3 amide bonds. The maximum Gasteiger partial charge on any atom is 0.326 e. The molecule has 1 N–H and O–H groups in total. The smallest absolute Gasteiger partial charge is 0.326 e. The van der Waals surface area contributed by atoms with Crippen LogP contribution >= 0.6 is 23.2 Å². The van der Waals surface area contributed by atoms with Gasteiger partial charge in [0.1, 0.15) is 18.7 Å². The Bertz CT molecular complexity index is 755. The minimum absolute atomic E-state index is 0.0431. The van der Waals surface area contributed by atoms with Crippen molar-refractivity contribution in [2.45, 2.75) is 44.8 Å². The van der Waals surface area contributed by atoms with Crippen LogP contribution in [0.4, 0.5) is 4.79 Å². The number of halogens is 2. The van der Waals surface area contributed by atoms with Crippen LogP contribution in [0, 0.1) is 5.92 Å². The number of hydrogen-bond donors (Lipinski definition) is 1. The Hall–Kier alpha value is -1.79. The van der Waals surface area contributed by atoms with Crippen LogP contribution in [0.1, 0.15) is 38.2 Å². The summed E-state index contributed by atoms with van der Waals surface area (Å²) in [5.74, 6) is -0.960. The minimum atomic E-state index is -0.880. The number of nitrogens with zero attached hydrogens (tertiary/aromatic N) is 1. The molecule has 6 nitrogen and oxygen atoms in total. The van der Waals surface area contributed by atoms with Crippen LogP contribution in [-0.2, 0) is 20.9 Å². The number of ether oxygens (including phenoxy) is 1. The van der Waals surface area contributed by atoms with E-state index in [1.807, 2.05) is 6.92 Å². The number of hydrogen-bond acceptors (Lipinski definition) is 4. The molecule has 0 unspecified atom stereocenters. The predicted molar refractivity (Wildman–Crippen MR) is 96.9 cm³/mol. The average molecular weight is 399 g/mol. The third-order valence-electron chi connectivity index (χ3n) is 5.19. The summed E-state index contributed by atoms with van der Waals surface area (Å²) in [4.78, 5) is 38.1. The van der Waals surface area contributed by atoms with E-state index in [0.717, 1.165) is 24.2 Å². The van der Waals surface area contributed by atoms with E-state index in [9.17, 15) is 14.4 Å². The van der Waals surface area contributed by atoms with E-state index in [2.05, 4.69) is 5.32 Å². The summed E-state index contributed by atoms with van der Waals surface area (Å²) in [5.41, 5.74) is -0.284. The molecule has 1 spiro atoms. The molecule has 0 aromatic heterocycles. The highest BCUT2D eigenvalue weighted by Gasteiger charge is 2.55. The number of amides is 3. The summed E-state index contributed by atoms with van der Waals surface area (Å²) >= 11 is 11.9. The molecule has 1 aliphatic heterocycles. The number of nitrogens with one attached hydrogen (secondary N) is 1. The Kier molecular flexibility index (Phi) is 5.44. The molecule has 2 atom stereocenters. The molecule has 1 heterocycles. The van der Waals surface area contributed by atoms with Crippen molar-refractivity contribution in [2.24, 2.45) is 5.92 Å². The summed E-state index contributed by atoms with van der Waals surface area (Å²) in [7, 11) is 0. The molecule has 1 aromatic rings. The van der Waals surface area contributed by atoms with Gasteiger partial charge in [-0.3, -0.25) is 14.5 Å². The highest BCUT2D eigenvalue weighted by molar-refractivity contribution is 6.35. The number of benzene rings is 1. The van der Waals surface area contributed by atoms with Gasteiger partial charge in [0.2, 0.25) is 0 Å². The van der Waals surface area contributed by atoms with Crippen molar-refractivity contribution in [3.8, 4) is 0 Å². The van der Waals surface area contributed by atoms with Gasteiger partial charge in [0.25, 0.3) is 5.91 Å². The average Bonchev–Trinajstić information content (AvgIpc) is 2.82. The maximum atomic E-state index is 12.8. The highest BCUT2D eigenvalue weighted by atomic mass is 35.5. The van der Waals surface area contributed by atoms with Crippen LogP contribution in [-0.4, -0.2) is 34.9 Å². The number of urea groups is 1. The fourth-order valence-electron chi connectivity index (χ4n) is 3.61. The van der Waals surface area contributed by atoms with Gasteiger partial charge in [-0.05, 0) is 30.9 Å². The Morgan fingerprint density at radius 3 is 2.81 bits per heavy atom. The first-order chi connectivity index (χ1) is 12.3. The van der Waals surface area contributed by atoms with Crippen molar-refractivity contribution in [3.63, 3.8) is 0 Å².